The molecule has 3 rings (SSSR count). The van der Waals surface area contributed by atoms with Crippen LogP contribution in [0.15, 0.2) is 52.9 Å². The average molecular weight is 328 g/mol. The van der Waals surface area contributed by atoms with E-state index in [1.165, 1.54) is 12.1 Å². The zero-order valence-electron chi connectivity index (χ0n) is 11.7. The van der Waals surface area contributed by atoms with Crippen LogP contribution in [0.4, 0.5) is 5.69 Å². The van der Waals surface area contributed by atoms with Crippen molar-refractivity contribution in [1.82, 2.24) is 10.2 Å². The molecule has 1 heterocycles. The zero-order chi connectivity index (χ0) is 16.2. The molecule has 0 spiro atoms. The molecule has 0 N–H and O–H groups in total. The molecule has 0 aliphatic carbocycles. The molecular weight excluding hydrogens is 318 g/mol. The minimum Gasteiger partial charge on any atom is -0.417 e. The second-order valence-corrected chi connectivity index (χ2v) is 5.07. The molecular formula is C16H10ClN3O3. The number of nitro groups is 1. The maximum absolute atomic E-state index is 10.6. The molecule has 0 saturated heterocycles. The van der Waals surface area contributed by atoms with Crippen molar-refractivity contribution in [1.29, 1.82) is 0 Å². The highest BCUT2D eigenvalue weighted by atomic mass is 35.5. The summed E-state index contributed by atoms with van der Waals surface area (Å²) in [4.78, 5) is 10.2. The number of non-ortho nitro benzene ring substituents is 1. The Labute approximate surface area is 136 Å². The second-order valence-electron chi connectivity index (χ2n) is 4.64. The Morgan fingerprint density at radius 2 is 1.87 bits per heavy atom. The van der Waals surface area contributed by atoms with Gasteiger partial charge >= 0.3 is 0 Å². The molecule has 114 valence electrons. The van der Waals surface area contributed by atoms with Gasteiger partial charge in [0.05, 0.1) is 4.92 Å². The first-order valence-electron chi connectivity index (χ1n) is 6.64. The van der Waals surface area contributed by atoms with Gasteiger partial charge < -0.3 is 4.42 Å². The smallest absolute Gasteiger partial charge is 0.269 e. The fourth-order valence-corrected chi connectivity index (χ4v) is 2.11. The number of hydrogen-bond acceptors (Lipinski definition) is 5. The lowest BCUT2D eigenvalue weighted by Gasteiger charge is -1.94. The van der Waals surface area contributed by atoms with E-state index in [1.807, 2.05) is 6.07 Å². The summed E-state index contributed by atoms with van der Waals surface area (Å²) in [5.41, 5.74) is 1.57. The SMILES string of the molecule is O=[N+]([O-])c1ccc(/C=C/c2nnc(-c3cccc(Cl)c3)o2)cc1. The van der Waals surface area contributed by atoms with Gasteiger partial charge in [-0.3, -0.25) is 10.1 Å². The monoisotopic (exact) mass is 327 g/mol. The molecule has 23 heavy (non-hydrogen) atoms. The second kappa shape index (κ2) is 6.41. The zero-order valence-corrected chi connectivity index (χ0v) is 12.5. The first-order chi connectivity index (χ1) is 11.1. The van der Waals surface area contributed by atoms with E-state index in [0.29, 0.717) is 16.8 Å². The van der Waals surface area contributed by atoms with Crippen molar-refractivity contribution in [3.8, 4) is 11.5 Å². The molecule has 0 unspecified atom stereocenters. The van der Waals surface area contributed by atoms with E-state index in [9.17, 15) is 10.1 Å². The molecule has 1 aromatic heterocycles. The van der Waals surface area contributed by atoms with Crippen LogP contribution in [0.5, 0.6) is 0 Å². The number of halogens is 1. The van der Waals surface area contributed by atoms with Gasteiger partial charge in [-0.1, -0.05) is 17.7 Å². The molecule has 0 amide bonds. The molecule has 6 nitrogen and oxygen atoms in total. The van der Waals surface area contributed by atoms with Gasteiger partial charge in [0.2, 0.25) is 11.8 Å². The summed E-state index contributed by atoms with van der Waals surface area (Å²) in [6, 6.07) is 13.3. The normalized spacial score (nSPS) is 11.0. The van der Waals surface area contributed by atoms with Crippen LogP contribution in [0.25, 0.3) is 23.6 Å². The highest BCUT2D eigenvalue weighted by Gasteiger charge is 2.07. The van der Waals surface area contributed by atoms with Gasteiger partial charge in [0.1, 0.15) is 0 Å². The summed E-state index contributed by atoms with van der Waals surface area (Å²) in [5.74, 6) is 0.703. The Bertz CT molecular complexity index is 872. The van der Waals surface area contributed by atoms with Crippen LogP contribution in [0.3, 0.4) is 0 Å². The largest absolute Gasteiger partial charge is 0.417 e. The Hall–Kier alpha value is -2.99. The van der Waals surface area contributed by atoms with Crippen molar-refractivity contribution in [3.05, 3.63) is 75.1 Å². The van der Waals surface area contributed by atoms with Crippen molar-refractivity contribution >= 4 is 29.4 Å². The lowest BCUT2D eigenvalue weighted by atomic mass is 10.2. The van der Waals surface area contributed by atoms with Crippen LogP contribution < -0.4 is 0 Å². The minimum absolute atomic E-state index is 0.0446. The molecule has 0 fully saturated rings. The average Bonchev–Trinajstić information content (AvgIpc) is 3.02. The molecule has 2 aromatic carbocycles. The number of nitrogens with zero attached hydrogens (tertiary/aromatic N) is 3. The summed E-state index contributed by atoms with van der Waals surface area (Å²) in [7, 11) is 0. The topological polar surface area (TPSA) is 82.1 Å². The molecule has 0 aliphatic rings. The Kier molecular flexibility index (Phi) is 4.16. The summed E-state index contributed by atoms with van der Waals surface area (Å²) >= 11 is 5.93. The van der Waals surface area contributed by atoms with E-state index in [0.717, 1.165) is 11.1 Å². The van der Waals surface area contributed by atoms with Crippen molar-refractivity contribution < 1.29 is 9.34 Å². The molecule has 0 radical (unpaired) electrons. The molecule has 7 heteroatoms. The Balaban J connectivity index is 1.77. The van der Waals surface area contributed by atoms with Gasteiger partial charge in [-0.25, -0.2) is 0 Å². The number of rotatable bonds is 4. The van der Waals surface area contributed by atoms with Gasteiger partial charge in [0, 0.05) is 28.8 Å². The standard InChI is InChI=1S/C16H10ClN3O3/c17-13-3-1-2-12(10-13)16-19-18-15(23-16)9-6-11-4-7-14(8-5-11)20(21)22/h1-10H/b9-6+. The van der Waals surface area contributed by atoms with E-state index in [1.54, 1.807) is 42.5 Å². The van der Waals surface area contributed by atoms with E-state index in [-0.39, 0.29) is 5.69 Å². The maximum atomic E-state index is 10.6. The van der Waals surface area contributed by atoms with Crippen LogP contribution in [0.1, 0.15) is 11.5 Å². The Morgan fingerprint density at radius 1 is 1.09 bits per heavy atom. The van der Waals surface area contributed by atoms with Gasteiger partial charge in [0.25, 0.3) is 5.69 Å². The molecule has 3 aromatic rings. The van der Waals surface area contributed by atoms with Crippen molar-refractivity contribution in [2.45, 2.75) is 0 Å². The van der Waals surface area contributed by atoms with Crippen molar-refractivity contribution in [2.24, 2.45) is 0 Å². The van der Waals surface area contributed by atoms with Crippen LogP contribution in [-0.2, 0) is 0 Å². The van der Waals surface area contributed by atoms with Gasteiger partial charge in [0.15, 0.2) is 0 Å². The molecule has 0 bridgehead atoms. The third-order valence-electron chi connectivity index (χ3n) is 3.03. The third kappa shape index (κ3) is 3.61. The van der Waals surface area contributed by atoms with Crippen LogP contribution in [0.2, 0.25) is 5.02 Å². The first kappa shape index (κ1) is 14.9. The number of nitro benzene ring substituents is 1. The van der Waals surface area contributed by atoms with E-state index < -0.39 is 4.92 Å². The molecule has 0 saturated carbocycles. The van der Waals surface area contributed by atoms with E-state index in [2.05, 4.69) is 10.2 Å². The van der Waals surface area contributed by atoms with Crippen molar-refractivity contribution in [3.63, 3.8) is 0 Å². The predicted octanol–water partition coefficient (Wildman–Crippen LogP) is 4.47. The summed E-state index contributed by atoms with van der Waals surface area (Å²) in [6.45, 7) is 0. The van der Waals surface area contributed by atoms with Crippen LogP contribution in [-0.4, -0.2) is 15.1 Å². The number of aromatic nitrogens is 2. The molecule has 0 aliphatic heterocycles. The summed E-state index contributed by atoms with van der Waals surface area (Å²) in [5, 5.41) is 19.1. The highest BCUT2D eigenvalue weighted by molar-refractivity contribution is 6.30. The summed E-state index contributed by atoms with van der Waals surface area (Å²) in [6.07, 6.45) is 3.38. The summed E-state index contributed by atoms with van der Waals surface area (Å²) < 4.78 is 5.53. The number of benzene rings is 2. The highest BCUT2D eigenvalue weighted by Crippen LogP contribution is 2.22. The van der Waals surface area contributed by atoms with Gasteiger partial charge in [-0.05, 0) is 42.0 Å². The van der Waals surface area contributed by atoms with Crippen LogP contribution >= 0.6 is 11.6 Å². The van der Waals surface area contributed by atoms with E-state index >= 15 is 0 Å². The van der Waals surface area contributed by atoms with Gasteiger partial charge in [-0.15, -0.1) is 10.2 Å². The fraction of sp³-hybridized carbons (Fsp3) is 0. The minimum atomic E-state index is -0.442. The lowest BCUT2D eigenvalue weighted by Crippen LogP contribution is -1.86. The van der Waals surface area contributed by atoms with E-state index in [4.69, 9.17) is 16.0 Å². The Morgan fingerprint density at radius 3 is 2.57 bits per heavy atom. The number of hydrogen-bond donors (Lipinski definition) is 0. The molecule has 0 atom stereocenters. The van der Waals surface area contributed by atoms with Crippen LogP contribution in [0, 0.1) is 10.1 Å². The fourth-order valence-electron chi connectivity index (χ4n) is 1.91. The third-order valence-corrected chi connectivity index (χ3v) is 3.27. The quantitative estimate of drug-likeness (QED) is 0.521. The lowest BCUT2D eigenvalue weighted by molar-refractivity contribution is -0.384. The maximum Gasteiger partial charge on any atom is 0.269 e. The van der Waals surface area contributed by atoms with Crippen molar-refractivity contribution in [2.75, 3.05) is 0 Å². The predicted molar refractivity (Wildman–Crippen MR) is 86.8 cm³/mol. The van der Waals surface area contributed by atoms with Gasteiger partial charge in [-0.2, -0.15) is 0 Å². The first-order valence-corrected chi connectivity index (χ1v) is 7.01.